The maximum atomic E-state index is 11.4. The smallest absolute Gasteiger partial charge is 0.421 e. The number of alkyl halides is 6. The summed E-state index contributed by atoms with van der Waals surface area (Å²) in [6.07, 6.45) is 6.41. The van der Waals surface area contributed by atoms with E-state index in [1.807, 2.05) is 0 Å². The highest BCUT2D eigenvalue weighted by molar-refractivity contribution is 8.13. The molecule has 1 aromatic rings. The van der Waals surface area contributed by atoms with Gasteiger partial charge in [0.25, 0.3) is 0 Å². The number of hydrogen-bond acceptors (Lipinski definition) is 7. The summed E-state index contributed by atoms with van der Waals surface area (Å²) in [7, 11) is -10.9. The minimum Gasteiger partial charge on any atom is -0.421 e. The second kappa shape index (κ2) is 13.3. The molecule has 0 fully saturated rings. The molecule has 0 saturated heterocycles. The molecule has 0 amide bonds. The van der Waals surface area contributed by atoms with E-state index in [4.69, 9.17) is 13.3 Å². The quantitative estimate of drug-likeness (QED) is 0.224. The molecule has 18 heteroatoms. The Bertz CT molecular complexity index is 931. The van der Waals surface area contributed by atoms with Gasteiger partial charge in [0, 0.05) is 45.9 Å². The molecule has 1 heterocycles. The van der Waals surface area contributed by atoms with Gasteiger partial charge in [0.15, 0.2) is 32.4 Å². The Hall–Kier alpha value is -1.31. The first kappa shape index (κ1) is 33.7. The van der Waals surface area contributed by atoms with Gasteiger partial charge in [-0.05, 0) is 17.9 Å². The number of halogens is 6. The molecule has 0 aliphatic rings. The van der Waals surface area contributed by atoms with Gasteiger partial charge in [-0.3, -0.25) is 0 Å². The molecule has 0 N–H and O–H groups in total. The normalized spacial score (nSPS) is 13.5. The van der Waals surface area contributed by atoms with Crippen molar-refractivity contribution in [1.82, 2.24) is 0 Å². The first-order valence-electron chi connectivity index (χ1n) is 9.76. The zero-order valence-corrected chi connectivity index (χ0v) is 22.2. The van der Waals surface area contributed by atoms with Crippen molar-refractivity contribution in [3.63, 3.8) is 0 Å². The average molecular weight is 579 g/mol. The molecular formula is C17H28F6N2O7S2Si. The standard InChI is InChI=1S/C15H28NO3Si.C2F6NO4S2/c1-14(2)13-15-7-10-16(11-8-15)9-6-12-20(17-3,18-4)19-5;3-1(4,5)14(10,11)9-15(12,13)2(6,7)8/h7-8,10-11,14H,6,9,12-13H2,1-5H3;/q+1;-1. The maximum absolute atomic E-state index is 11.4. The summed E-state index contributed by atoms with van der Waals surface area (Å²) in [4.78, 5) is 0. The molecule has 1 aromatic heterocycles. The molecule has 0 saturated carbocycles. The minimum atomic E-state index is -6.72. The molecule has 0 unspecified atom stereocenters. The van der Waals surface area contributed by atoms with E-state index < -0.39 is 39.9 Å². The molecule has 0 bridgehead atoms. The van der Waals surface area contributed by atoms with Crippen molar-refractivity contribution in [2.45, 2.75) is 50.3 Å². The van der Waals surface area contributed by atoms with Crippen LogP contribution in [0.25, 0.3) is 4.13 Å². The number of nitrogens with zero attached hydrogens (tertiary/aromatic N) is 2. The largest absolute Gasteiger partial charge is 0.500 e. The van der Waals surface area contributed by atoms with Crippen LogP contribution < -0.4 is 4.57 Å². The fraction of sp³-hybridized carbons (Fsp3) is 0.706. The van der Waals surface area contributed by atoms with Crippen molar-refractivity contribution < 1.29 is 61.0 Å². The van der Waals surface area contributed by atoms with Crippen LogP contribution in [0, 0.1) is 5.92 Å². The number of sulfonamides is 2. The lowest BCUT2D eigenvalue weighted by atomic mass is 10.0. The fourth-order valence-corrected chi connectivity index (χ4v) is 5.91. The van der Waals surface area contributed by atoms with E-state index in [9.17, 15) is 43.2 Å². The third-order valence-electron chi connectivity index (χ3n) is 4.22. The Balaban J connectivity index is 0.000000691. The van der Waals surface area contributed by atoms with E-state index in [0.29, 0.717) is 5.92 Å². The van der Waals surface area contributed by atoms with Gasteiger partial charge in [-0.15, -0.1) is 0 Å². The Morgan fingerprint density at radius 3 is 1.60 bits per heavy atom. The van der Waals surface area contributed by atoms with Gasteiger partial charge in [-0.1, -0.05) is 13.8 Å². The third-order valence-corrected chi connectivity index (χ3v) is 9.79. The van der Waals surface area contributed by atoms with Crippen LogP contribution in [0.4, 0.5) is 26.3 Å². The molecule has 0 atom stereocenters. The molecule has 0 aliphatic carbocycles. The topological polar surface area (TPSA) is 114 Å². The van der Waals surface area contributed by atoms with Gasteiger partial charge in [-0.2, -0.15) is 26.3 Å². The number of rotatable bonds is 11. The van der Waals surface area contributed by atoms with Crippen LogP contribution in [0.15, 0.2) is 24.5 Å². The second-order valence-electron chi connectivity index (χ2n) is 7.36. The van der Waals surface area contributed by atoms with Gasteiger partial charge < -0.3 is 17.4 Å². The van der Waals surface area contributed by atoms with Crippen molar-refractivity contribution in [3.8, 4) is 0 Å². The summed E-state index contributed by atoms with van der Waals surface area (Å²) in [6.45, 7) is 5.43. The summed E-state index contributed by atoms with van der Waals surface area (Å²) < 4.78 is 128. The molecule has 0 spiro atoms. The summed E-state index contributed by atoms with van der Waals surface area (Å²) in [5.41, 5.74) is -11.0. The van der Waals surface area contributed by atoms with E-state index in [2.05, 4.69) is 42.9 Å². The minimum absolute atomic E-state index is 0.697. The van der Waals surface area contributed by atoms with Crippen molar-refractivity contribution in [2.24, 2.45) is 5.92 Å². The van der Waals surface area contributed by atoms with Gasteiger partial charge in [0.1, 0.15) is 6.54 Å². The SMILES string of the molecule is CO[Si](CCC[n+]1ccc(CC(C)C)cc1)(OC)OC.O=S(=O)([N-]S(=O)(=O)C(F)(F)F)C(F)(F)F. The number of hydrogen-bond donors (Lipinski definition) is 0. The van der Waals surface area contributed by atoms with E-state index in [-0.39, 0.29) is 0 Å². The lowest BCUT2D eigenvalue weighted by molar-refractivity contribution is -0.697. The van der Waals surface area contributed by atoms with Crippen LogP contribution in [-0.2, 0) is 46.3 Å². The summed E-state index contributed by atoms with van der Waals surface area (Å²) >= 11 is 0. The first-order valence-corrected chi connectivity index (χ1v) is 14.6. The van der Waals surface area contributed by atoms with Gasteiger partial charge in [-0.25, -0.2) is 21.4 Å². The zero-order chi connectivity index (χ0) is 27.7. The molecule has 1 rings (SSSR count). The zero-order valence-electron chi connectivity index (χ0n) is 19.6. The summed E-state index contributed by atoms with van der Waals surface area (Å²) in [6, 6.07) is 5.23. The first-order chi connectivity index (χ1) is 15.8. The number of aryl methyl sites for hydroxylation is 1. The molecule has 206 valence electrons. The summed E-state index contributed by atoms with van der Waals surface area (Å²) in [5.74, 6) is 0.697. The van der Waals surface area contributed by atoms with Gasteiger partial charge in [0.2, 0.25) is 0 Å². The monoisotopic (exact) mass is 578 g/mol. The fourth-order valence-electron chi connectivity index (χ4n) is 2.49. The lowest BCUT2D eigenvalue weighted by Gasteiger charge is -2.23. The van der Waals surface area contributed by atoms with Crippen LogP contribution in [0.2, 0.25) is 6.04 Å². The highest BCUT2D eigenvalue weighted by Gasteiger charge is 2.47. The molecule has 0 aliphatic heterocycles. The molecular weight excluding hydrogens is 550 g/mol. The van der Waals surface area contributed by atoms with Crippen molar-refractivity contribution >= 4 is 28.9 Å². The highest BCUT2D eigenvalue weighted by Crippen LogP contribution is 2.36. The van der Waals surface area contributed by atoms with Crippen LogP contribution in [0.5, 0.6) is 0 Å². The van der Waals surface area contributed by atoms with E-state index in [0.717, 1.165) is 29.6 Å². The third kappa shape index (κ3) is 11.1. The van der Waals surface area contributed by atoms with Crippen LogP contribution in [0.3, 0.4) is 0 Å². The Morgan fingerprint density at radius 2 is 1.29 bits per heavy atom. The lowest BCUT2D eigenvalue weighted by Crippen LogP contribution is -2.44. The second-order valence-corrected chi connectivity index (χ2v) is 13.9. The van der Waals surface area contributed by atoms with Crippen LogP contribution in [0.1, 0.15) is 25.8 Å². The average Bonchev–Trinajstić information content (AvgIpc) is 2.70. The van der Waals surface area contributed by atoms with Crippen molar-refractivity contribution in [1.29, 1.82) is 0 Å². The number of aromatic nitrogens is 1. The number of pyridine rings is 1. The predicted molar refractivity (Wildman–Crippen MR) is 115 cm³/mol. The highest BCUT2D eigenvalue weighted by atomic mass is 32.3. The van der Waals surface area contributed by atoms with Crippen LogP contribution in [-0.4, -0.2) is 58.0 Å². The van der Waals surface area contributed by atoms with E-state index >= 15 is 0 Å². The molecule has 9 nitrogen and oxygen atoms in total. The van der Waals surface area contributed by atoms with Gasteiger partial charge >= 0.3 is 19.8 Å². The van der Waals surface area contributed by atoms with Crippen LogP contribution >= 0.6 is 0 Å². The summed E-state index contributed by atoms with van der Waals surface area (Å²) in [5, 5.41) is 0. The van der Waals surface area contributed by atoms with Crippen molar-refractivity contribution in [2.75, 3.05) is 21.3 Å². The van der Waals surface area contributed by atoms with E-state index in [1.165, 1.54) is 5.56 Å². The maximum Gasteiger partial charge on any atom is 0.500 e. The Labute approximate surface area is 201 Å². The molecule has 0 radical (unpaired) electrons. The Kier molecular flexibility index (Phi) is 12.8. The molecule has 0 aromatic carbocycles. The molecule has 35 heavy (non-hydrogen) atoms. The Morgan fingerprint density at radius 1 is 0.886 bits per heavy atom. The van der Waals surface area contributed by atoms with E-state index in [1.54, 1.807) is 21.3 Å². The van der Waals surface area contributed by atoms with Gasteiger partial charge in [0.05, 0.1) is 0 Å². The van der Waals surface area contributed by atoms with Crippen molar-refractivity contribution in [3.05, 3.63) is 34.2 Å². The predicted octanol–water partition coefficient (Wildman–Crippen LogP) is 3.50.